The molecular weight excluding hydrogens is 257 g/mol. The summed E-state index contributed by atoms with van der Waals surface area (Å²) in [4.78, 5) is 0. The largest absolute Gasteiger partial charge is 0.493 e. The van der Waals surface area contributed by atoms with Crippen LogP contribution in [0.2, 0.25) is 0 Å². The maximum Gasteiger partial charge on any atom is 0.164 e. The van der Waals surface area contributed by atoms with Gasteiger partial charge in [0, 0.05) is 18.5 Å². The third kappa shape index (κ3) is 3.85. The molecule has 0 radical (unpaired) electrons. The quantitative estimate of drug-likeness (QED) is 0.868. The Hall–Kier alpha value is -1.29. The van der Waals surface area contributed by atoms with Gasteiger partial charge >= 0.3 is 0 Å². The minimum absolute atomic E-state index is 0.0979. The summed E-state index contributed by atoms with van der Waals surface area (Å²) in [5.74, 6) is 1.82. The molecule has 0 saturated carbocycles. The Labute approximate surface area is 120 Å². The molecule has 1 aliphatic rings. The van der Waals surface area contributed by atoms with Crippen LogP contribution in [0.25, 0.3) is 0 Å². The highest BCUT2D eigenvalue weighted by atomic mass is 19.1. The Bertz CT molecular complexity index is 430. The van der Waals surface area contributed by atoms with Crippen molar-refractivity contribution in [1.29, 1.82) is 0 Å². The Kier molecular flexibility index (Phi) is 5.24. The molecule has 112 valence electrons. The van der Waals surface area contributed by atoms with Crippen molar-refractivity contribution in [1.82, 2.24) is 5.32 Å². The molecule has 2 rings (SSSR count). The molecule has 4 heteroatoms. The number of rotatable bonds is 6. The van der Waals surface area contributed by atoms with Crippen molar-refractivity contribution in [2.45, 2.75) is 32.8 Å². The van der Waals surface area contributed by atoms with Gasteiger partial charge < -0.3 is 14.8 Å². The fraction of sp³-hybridized carbons (Fsp3) is 0.625. The summed E-state index contributed by atoms with van der Waals surface area (Å²) in [6.07, 6.45) is 2.17. The maximum absolute atomic E-state index is 13.4. The van der Waals surface area contributed by atoms with Gasteiger partial charge in [-0.05, 0) is 37.4 Å². The second-order valence-electron chi connectivity index (χ2n) is 5.83. The minimum atomic E-state index is -0.298. The first kappa shape index (κ1) is 15.1. The molecule has 20 heavy (non-hydrogen) atoms. The molecule has 1 aromatic carbocycles. The SMILES string of the molecule is COc1ccc(F)cc1O[C@@H](CC(C)C)C1CCNC1. The van der Waals surface area contributed by atoms with E-state index in [0.29, 0.717) is 23.3 Å². The topological polar surface area (TPSA) is 30.5 Å². The van der Waals surface area contributed by atoms with E-state index < -0.39 is 0 Å². The lowest BCUT2D eigenvalue weighted by molar-refractivity contribution is 0.115. The van der Waals surface area contributed by atoms with E-state index in [1.807, 2.05) is 0 Å². The average molecular weight is 281 g/mol. The molecule has 3 nitrogen and oxygen atoms in total. The molecule has 1 unspecified atom stereocenters. The van der Waals surface area contributed by atoms with Crippen molar-refractivity contribution in [3.63, 3.8) is 0 Å². The molecule has 0 aromatic heterocycles. The van der Waals surface area contributed by atoms with Crippen molar-refractivity contribution in [3.8, 4) is 11.5 Å². The summed E-state index contributed by atoms with van der Waals surface area (Å²) in [7, 11) is 1.58. The predicted molar refractivity (Wildman–Crippen MR) is 77.8 cm³/mol. The van der Waals surface area contributed by atoms with E-state index in [-0.39, 0.29) is 11.9 Å². The van der Waals surface area contributed by atoms with Crippen LogP contribution in [-0.4, -0.2) is 26.3 Å². The van der Waals surface area contributed by atoms with Crippen LogP contribution in [0.15, 0.2) is 18.2 Å². The maximum atomic E-state index is 13.4. The molecule has 1 heterocycles. The van der Waals surface area contributed by atoms with E-state index >= 15 is 0 Å². The van der Waals surface area contributed by atoms with Crippen LogP contribution >= 0.6 is 0 Å². The first-order valence-corrected chi connectivity index (χ1v) is 7.31. The van der Waals surface area contributed by atoms with Gasteiger partial charge in [0.15, 0.2) is 11.5 Å². The molecule has 0 spiro atoms. The Morgan fingerprint density at radius 1 is 1.35 bits per heavy atom. The number of halogens is 1. The van der Waals surface area contributed by atoms with Crippen molar-refractivity contribution < 1.29 is 13.9 Å². The fourth-order valence-corrected chi connectivity index (χ4v) is 2.70. The zero-order valence-electron chi connectivity index (χ0n) is 12.5. The Morgan fingerprint density at radius 2 is 2.15 bits per heavy atom. The molecule has 0 amide bonds. The van der Waals surface area contributed by atoms with E-state index in [1.54, 1.807) is 13.2 Å². The van der Waals surface area contributed by atoms with Crippen LogP contribution in [0.4, 0.5) is 4.39 Å². The van der Waals surface area contributed by atoms with Gasteiger partial charge in [0.25, 0.3) is 0 Å². The zero-order valence-corrected chi connectivity index (χ0v) is 12.5. The average Bonchev–Trinajstić information content (AvgIpc) is 2.91. The van der Waals surface area contributed by atoms with Crippen LogP contribution in [0.3, 0.4) is 0 Å². The zero-order chi connectivity index (χ0) is 14.5. The van der Waals surface area contributed by atoms with Crippen LogP contribution < -0.4 is 14.8 Å². The second kappa shape index (κ2) is 6.93. The Morgan fingerprint density at radius 3 is 2.75 bits per heavy atom. The lowest BCUT2D eigenvalue weighted by Crippen LogP contribution is -2.30. The monoisotopic (exact) mass is 281 g/mol. The lowest BCUT2D eigenvalue weighted by atomic mass is 9.93. The van der Waals surface area contributed by atoms with Crippen molar-refractivity contribution in [3.05, 3.63) is 24.0 Å². The molecule has 1 fully saturated rings. The van der Waals surface area contributed by atoms with Crippen molar-refractivity contribution in [2.24, 2.45) is 11.8 Å². The van der Waals surface area contributed by atoms with Gasteiger partial charge in [-0.1, -0.05) is 13.8 Å². The number of methoxy groups -OCH3 is 1. The third-order valence-corrected chi connectivity index (χ3v) is 3.73. The molecule has 1 aromatic rings. The van der Waals surface area contributed by atoms with E-state index in [9.17, 15) is 4.39 Å². The highest BCUT2D eigenvalue weighted by Gasteiger charge is 2.28. The van der Waals surface area contributed by atoms with Gasteiger partial charge in [-0.3, -0.25) is 0 Å². The molecule has 1 N–H and O–H groups in total. The molecular formula is C16H24FNO2. The van der Waals surface area contributed by atoms with Crippen molar-refractivity contribution >= 4 is 0 Å². The van der Waals surface area contributed by atoms with Gasteiger partial charge in [-0.2, -0.15) is 0 Å². The standard InChI is InChI=1S/C16H24FNO2/c1-11(2)8-15(12-6-7-18-10-12)20-16-9-13(17)4-5-14(16)19-3/h4-5,9,11-12,15,18H,6-8,10H2,1-3H3/t12?,15-/m0/s1. The van der Waals surface area contributed by atoms with Gasteiger partial charge in [-0.25, -0.2) is 4.39 Å². The highest BCUT2D eigenvalue weighted by Crippen LogP contribution is 2.32. The van der Waals surface area contributed by atoms with E-state index in [0.717, 1.165) is 25.9 Å². The fourth-order valence-electron chi connectivity index (χ4n) is 2.70. The summed E-state index contributed by atoms with van der Waals surface area (Å²) >= 11 is 0. The summed E-state index contributed by atoms with van der Waals surface area (Å²) in [5, 5.41) is 3.37. The summed E-state index contributed by atoms with van der Waals surface area (Å²) in [5.41, 5.74) is 0. The van der Waals surface area contributed by atoms with Gasteiger partial charge in [0.2, 0.25) is 0 Å². The summed E-state index contributed by atoms with van der Waals surface area (Å²) < 4.78 is 24.8. The van der Waals surface area contributed by atoms with Crippen LogP contribution in [0, 0.1) is 17.7 Å². The molecule has 1 saturated heterocycles. The van der Waals surface area contributed by atoms with E-state index in [1.165, 1.54) is 12.1 Å². The number of ether oxygens (including phenoxy) is 2. The molecule has 2 atom stereocenters. The van der Waals surface area contributed by atoms with E-state index in [2.05, 4.69) is 19.2 Å². The normalized spacial score (nSPS) is 20.1. The third-order valence-electron chi connectivity index (χ3n) is 3.73. The lowest BCUT2D eigenvalue weighted by Gasteiger charge is -2.26. The van der Waals surface area contributed by atoms with Gasteiger partial charge in [0.05, 0.1) is 7.11 Å². The first-order chi connectivity index (χ1) is 9.60. The van der Waals surface area contributed by atoms with Crippen molar-refractivity contribution in [2.75, 3.05) is 20.2 Å². The summed E-state index contributed by atoms with van der Waals surface area (Å²) in [6, 6.07) is 4.42. The van der Waals surface area contributed by atoms with Crippen LogP contribution in [0.1, 0.15) is 26.7 Å². The van der Waals surface area contributed by atoms with Crippen LogP contribution in [0.5, 0.6) is 11.5 Å². The smallest absolute Gasteiger partial charge is 0.164 e. The Balaban J connectivity index is 2.15. The number of hydrogen-bond donors (Lipinski definition) is 1. The van der Waals surface area contributed by atoms with Gasteiger partial charge in [-0.15, -0.1) is 0 Å². The predicted octanol–water partition coefficient (Wildman–Crippen LogP) is 3.24. The molecule has 0 aliphatic carbocycles. The first-order valence-electron chi connectivity index (χ1n) is 7.31. The number of benzene rings is 1. The molecule has 1 aliphatic heterocycles. The minimum Gasteiger partial charge on any atom is -0.493 e. The summed E-state index contributed by atoms with van der Waals surface area (Å²) in [6.45, 7) is 6.36. The molecule has 0 bridgehead atoms. The second-order valence-corrected chi connectivity index (χ2v) is 5.83. The number of hydrogen-bond acceptors (Lipinski definition) is 3. The van der Waals surface area contributed by atoms with Gasteiger partial charge in [0.1, 0.15) is 11.9 Å². The van der Waals surface area contributed by atoms with Crippen LogP contribution in [-0.2, 0) is 0 Å². The highest BCUT2D eigenvalue weighted by molar-refractivity contribution is 5.40. The van der Waals surface area contributed by atoms with E-state index in [4.69, 9.17) is 9.47 Å². The number of nitrogens with one attached hydrogen (secondary N) is 1.